The lowest BCUT2D eigenvalue weighted by atomic mass is 9.95. The number of nitrogens with zero attached hydrogens (tertiary/aromatic N) is 1. The van der Waals surface area contributed by atoms with Crippen LogP contribution < -0.4 is 4.90 Å². The molecular weight excluding hydrogens is 178 g/mol. The van der Waals surface area contributed by atoms with Gasteiger partial charge in [0.25, 0.3) is 0 Å². The van der Waals surface area contributed by atoms with Crippen molar-refractivity contribution in [3.8, 4) is 0 Å². The summed E-state index contributed by atoms with van der Waals surface area (Å²) in [6, 6.07) is 5.16. The highest BCUT2D eigenvalue weighted by molar-refractivity contribution is 7.14. The van der Waals surface area contributed by atoms with E-state index in [2.05, 4.69) is 29.5 Å². The van der Waals surface area contributed by atoms with E-state index >= 15 is 0 Å². The second-order valence-electron chi connectivity index (χ2n) is 3.85. The fourth-order valence-electron chi connectivity index (χ4n) is 2.12. The summed E-state index contributed by atoms with van der Waals surface area (Å²) in [4.78, 5) is 2.46. The van der Waals surface area contributed by atoms with Gasteiger partial charge in [-0.3, -0.25) is 0 Å². The van der Waals surface area contributed by atoms with Crippen LogP contribution in [0, 0.1) is 0 Å². The maximum absolute atomic E-state index is 2.46. The first-order chi connectivity index (χ1) is 6.38. The lowest BCUT2D eigenvalue weighted by Crippen LogP contribution is -2.32. The lowest BCUT2D eigenvalue weighted by molar-refractivity contribution is 0.429. The van der Waals surface area contributed by atoms with Crippen molar-refractivity contribution in [3.05, 3.63) is 17.5 Å². The third kappa shape index (κ3) is 2.05. The highest BCUT2D eigenvalue weighted by Crippen LogP contribution is 2.28. The van der Waals surface area contributed by atoms with Gasteiger partial charge in [0.1, 0.15) is 0 Å². The molecule has 2 heteroatoms. The first kappa shape index (κ1) is 9.07. The van der Waals surface area contributed by atoms with Gasteiger partial charge in [-0.1, -0.05) is 19.3 Å². The van der Waals surface area contributed by atoms with Crippen molar-refractivity contribution in [1.29, 1.82) is 0 Å². The molecule has 1 aromatic heterocycles. The van der Waals surface area contributed by atoms with Gasteiger partial charge in [0, 0.05) is 13.1 Å². The van der Waals surface area contributed by atoms with Gasteiger partial charge in [0.2, 0.25) is 0 Å². The molecule has 1 aromatic rings. The average Bonchev–Trinajstić information content (AvgIpc) is 2.71. The minimum atomic E-state index is 0.799. The third-order valence-electron chi connectivity index (χ3n) is 2.98. The van der Waals surface area contributed by atoms with Crippen molar-refractivity contribution in [2.24, 2.45) is 0 Å². The molecule has 0 unspecified atom stereocenters. The third-order valence-corrected chi connectivity index (χ3v) is 3.93. The van der Waals surface area contributed by atoms with E-state index in [4.69, 9.17) is 0 Å². The van der Waals surface area contributed by atoms with Crippen molar-refractivity contribution in [2.75, 3.05) is 11.9 Å². The number of hydrogen-bond donors (Lipinski definition) is 0. The van der Waals surface area contributed by atoms with E-state index in [9.17, 15) is 0 Å². The maximum atomic E-state index is 2.46. The predicted molar refractivity (Wildman–Crippen MR) is 59.6 cm³/mol. The number of thiophene rings is 1. The second kappa shape index (κ2) is 4.14. The van der Waals surface area contributed by atoms with E-state index in [-0.39, 0.29) is 0 Å². The first-order valence-corrected chi connectivity index (χ1v) is 6.02. The van der Waals surface area contributed by atoms with E-state index in [0.29, 0.717) is 0 Å². The zero-order valence-electron chi connectivity index (χ0n) is 8.20. The molecule has 1 nitrogen and oxygen atoms in total. The summed E-state index contributed by atoms with van der Waals surface area (Å²) >= 11 is 1.85. The highest BCUT2D eigenvalue weighted by atomic mass is 32.1. The minimum Gasteiger partial charge on any atom is -0.364 e. The summed E-state index contributed by atoms with van der Waals surface area (Å²) in [7, 11) is 2.24. The quantitative estimate of drug-likeness (QED) is 0.698. The molecule has 0 aromatic carbocycles. The monoisotopic (exact) mass is 195 g/mol. The zero-order valence-corrected chi connectivity index (χ0v) is 9.02. The van der Waals surface area contributed by atoms with Crippen LogP contribution in [0.15, 0.2) is 17.5 Å². The Balaban J connectivity index is 1.99. The SMILES string of the molecule is CN(c1cccs1)C1CCCCC1. The van der Waals surface area contributed by atoms with Crippen LogP contribution in [-0.4, -0.2) is 13.1 Å². The van der Waals surface area contributed by atoms with E-state index in [1.54, 1.807) is 0 Å². The van der Waals surface area contributed by atoms with Crippen molar-refractivity contribution < 1.29 is 0 Å². The number of hydrogen-bond acceptors (Lipinski definition) is 2. The molecule has 0 aliphatic heterocycles. The van der Waals surface area contributed by atoms with Gasteiger partial charge in [0.05, 0.1) is 5.00 Å². The van der Waals surface area contributed by atoms with Crippen molar-refractivity contribution in [2.45, 2.75) is 38.1 Å². The summed E-state index contributed by atoms with van der Waals surface area (Å²) in [5.74, 6) is 0. The first-order valence-electron chi connectivity index (χ1n) is 5.14. The van der Waals surface area contributed by atoms with E-state index in [1.165, 1.54) is 37.1 Å². The average molecular weight is 195 g/mol. The number of rotatable bonds is 2. The topological polar surface area (TPSA) is 3.24 Å². The summed E-state index contributed by atoms with van der Waals surface area (Å²) in [6.07, 6.45) is 7.04. The Hall–Kier alpha value is -0.500. The molecule has 0 N–H and O–H groups in total. The van der Waals surface area contributed by atoms with Crippen LogP contribution >= 0.6 is 11.3 Å². The molecule has 1 aliphatic rings. The van der Waals surface area contributed by atoms with Crippen LogP contribution in [0.3, 0.4) is 0 Å². The van der Waals surface area contributed by atoms with Crippen molar-refractivity contribution >= 4 is 16.3 Å². The zero-order chi connectivity index (χ0) is 9.10. The molecule has 1 aliphatic carbocycles. The van der Waals surface area contributed by atoms with Gasteiger partial charge in [-0.15, -0.1) is 11.3 Å². The second-order valence-corrected chi connectivity index (χ2v) is 4.78. The predicted octanol–water partition coefficient (Wildman–Crippen LogP) is 3.52. The smallest absolute Gasteiger partial charge is 0.0908 e. The van der Waals surface area contributed by atoms with Gasteiger partial charge >= 0.3 is 0 Å². The lowest BCUT2D eigenvalue weighted by Gasteiger charge is -2.31. The summed E-state index contributed by atoms with van der Waals surface area (Å²) in [5.41, 5.74) is 0. The molecular formula is C11H17NS. The van der Waals surface area contributed by atoms with Gasteiger partial charge in [-0.05, 0) is 30.4 Å². The molecule has 0 bridgehead atoms. The highest BCUT2D eigenvalue weighted by Gasteiger charge is 2.18. The Kier molecular flexibility index (Phi) is 2.89. The van der Waals surface area contributed by atoms with E-state index < -0.39 is 0 Å². The van der Waals surface area contributed by atoms with E-state index in [0.717, 1.165) is 6.04 Å². The largest absolute Gasteiger partial charge is 0.364 e. The molecule has 72 valence electrons. The Morgan fingerprint density at radius 3 is 2.69 bits per heavy atom. The van der Waals surface area contributed by atoms with Crippen LogP contribution in [0.5, 0.6) is 0 Å². The Morgan fingerprint density at radius 2 is 2.08 bits per heavy atom. The minimum absolute atomic E-state index is 0.799. The molecule has 1 heterocycles. The molecule has 1 saturated carbocycles. The fourth-order valence-corrected chi connectivity index (χ4v) is 2.89. The van der Waals surface area contributed by atoms with Crippen LogP contribution in [0.1, 0.15) is 32.1 Å². The van der Waals surface area contributed by atoms with Crippen LogP contribution in [0.4, 0.5) is 5.00 Å². The summed E-state index contributed by atoms with van der Waals surface area (Å²) < 4.78 is 0. The van der Waals surface area contributed by atoms with Gasteiger partial charge in [-0.2, -0.15) is 0 Å². The van der Waals surface area contributed by atoms with Crippen LogP contribution in [0.25, 0.3) is 0 Å². The van der Waals surface area contributed by atoms with Gasteiger partial charge in [-0.25, -0.2) is 0 Å². The molecule has 2 rings (SSSR count). The molecule has 0 radical (unpaired) electrons. The fraction of sp³-hybridized carbons (Fsp3) is 0.636. The molecule has 0 amide bonds. The molecule has 0 spiro atoms. The molecule has 0 saturated heterocycles. The number of anilines is 1. The van der Waals surface area contributed by atoms with Gasteiger partial charge < -0.3 is 4.90 Å². The summed E-state index contributed by atoms with van der Waals surface area (Å²) in [5, 5.41) is 3.58. The van der Waals surface area contributed by atoms with Crippen LogP contribution in [0.2, 0.25) is 0 Å². The molecule has 0 atom stereocenters. The normalized spacial score (nSPS) is 18.8. The summed E-state index contributed by atoms with van der Waals surface area (Å²) in [6.45, 7) is 0. The Labute approximate surface area is 84.4 Å². The van der Waals surface area contributed by atoms with Crippen LogP contribution in [-0.2, 0) is 0 Å². The molecule has 1 fully saturated rings. The van der Waals surface area contributed by atoms with Crippen molar-refractivity contribution in [1.82, 2.24) is 0 Å². The maximum Gasteiger partial charge on any atom is 0.0908 e. The van der Waals surface area contributed by atoms with Crippen molar-refractivity contribution in [3.63, 3.8) is 0 Å². The van der Waals surface area contributed by atoms with Gasteiger partial charge in [0.15, 0.2) is 0 Å². The standard InChI is InChI=1S/C11H17NS/c1-12(11-8-5-9-13-11)10-6-3-2-4-7-10/h5,8-10H,2-4,6-7H2,1H3. The molecule has 13 heavy (non-hydrogen) atoms. The Bertz CT molecular complexity index is 237. The Morgan fingerprint density at radius 1 is 1.31 bits per heavy atom. The van der Waals surface area contributed by atoms with E-state index in [1.807, 2.05) is 11.3 Å².